The highest BCUT2D eigenvalue weighted by Crippen LogP contribution is 2.33. The molecule has 2 aromatic rings. The number of rotatable bonds is 1. The number of benzene rings is 1. The number of anilines is 1. The van der Waals surface area contributed by atoms with Gasteiger partial charge in [-0.05, 0) is 52.7 Å². The Balaban J connectivity index is 2.69. The van der Waals surface area contributed by atoms with Gasteiger partial charge in [-0.25, -0.2) is 4.98 Å². The molecular formula is C16H23N3. The fourth-order valence-corrected chi connectivity index (χ4v) is 2.60. The van der Waals surface area contributed by atoms with Crippen molar-refractivity contribution in [1.82, 2.24) is 9.55 Å². The fourth-order valence-electron chi connectivity index (χ4n) is 2.60. The summed E-state index contributed by atoms with van der Waals surface area (Å²) in [6, 6.07) is 6.26. The molecule has 2 rings (SSSR count). The molecule has 1 heterocycles. The van der Waals surface area contributed by atoms with Crippen LogP contribution in [-0.4, -0.2) is 9.55 Å². The summed E-state index contributed by atoms with van der Waals surface area (Å²) in [6.07, 6.45) is 0. The second kappa shape index (κ2) is 4.41. The van der Waals surface area contributed by atoms with Gasteiger partial charge in [0.25, 0.3) is 0 Å². The van der Waals surface area contributed by atoms with Crippen LogP contribution in [0.5, 0.6) is 0 Å². The Bertz CT molecular complexity index is 616. The van der Waals surface area contributed by atoms with Gasteiger partial charge in [-0.15, -0.1) is 0 Å². The maximum atomic E-state index is 6.34. The zero-order valence-electron chi connectivity index (χ0n) is 12.7. The first kappa shape index (κ1) is 13.7. The van der Waals surface area contributed by atoms with Gasteiger partial charge in [0, 0.05) is 11.1 Å². The van der Waals surface area contributed by atoms with Crippen molar-refractivity contribution in [3.63, 3.8) is 0 Å². The Hall–Kier alpha value is -1.77. The standard InChI is InChI=1S/C16H23N3/c1-10-8-7-9-13(11(10)2)14-15(17)19(12(3)18-14)16(4,5)6/h7-9H,17H2,1-6H3. The first-order valence-corrected chi connectivity index (χ1v) is 6.65. The molecule has 1 aromatic carbocycles. The normalized spacial score (nSPS) is 11.9. The van der Waals surface area contributed by atoms with Crippen molar-refractivity contribution in [1.29, 1.82) is 0 Å². The van der Waals surface area contributed by atoms with E-state index in [4.69, 9.17) is 5.73 Å². The fraction of sp³-hybridized carbons (Fsp3) is 0.438. The van der Waals surface area contributed by atoms with E-state index >= 15 is 0 Å². The third-order valence-corrected chi connectivity index (χ3v) is 3.61. The van der Waals surface area contributed by atoms with E-state index in [-0.39, 0.29) is 5.54 Å². The molecule has 3 heteroatoms. The lowest BCUT2D eigenvalue weighted by molar-refractivity contribution is 0.393. The number of nitrogens with two attached hydrogens (primary N) is 1. The van der Waals surface area contributed by atoms with Gasteiger partial charge < -0.3 is 10.3 Å². The topological polar surface area (TPSA) is 43.8 Å². The molecule has 0 radical (unpaired) electrons. The van der Waals surface area contributed by atoms with E-state index in [0.717, 1.165) is 22.9 Å². The van der Waals surface area contributed by atoms with Gasteiger partial charge in [-0.1, -0.05) is 18.2 Å². The molecular weight excluding hydrogens is 234 g/mol. The van der Waals surface area contributed by atoms with E-state index in [0.29, 0.717) is 0 Å². The number of hydrogen-bond acceptors (Lipinski definition) is 2. The van der Waals surface area contributed by atoms with E-state index in [1.807, 2.05) is 6.92 Å². The molecule has 19 heavy (non-hydrogen) atoms. The van der Waals surface area contributed by atoms with Crippen molar-refractivity contribution in [3.05, 3.63) is 35.2 Å². The second-order valence-corrected chi connectivity index (χ2v) is 6.15. The van der Waals surface area contributed by atoms with E-state index in [1.165, 1.54) is 11.1 Å². The predicted molar refractivity (Wildman–Crippen MR) is 81.3 cm³/mol. The number of aromatic nitrogens is 2. The summed E-state index contributed by atoms with van der Waals surface area (Å²) in [5, 5.41) is 0. The molecule has 0 saturated carbocycles. The Morgan fingerprint density at radius 3 is 2.26 bits per heavy atom. The van der Waals surface area contributed by atoms with Crippen LogP contribution < -0.4 is 5.73 Å². The molecule has 0 unspecified atom stereocenters. The Morgan fingerprint density at radius 1 is 1.11 bits per heavy atom. The Kier molecular flexibility index (Phi) is 3.17. The molecule has 0 aliphatic rings. The summed E-state index contributed by atoms with van der Waals surface area (Å²) in [6.45, 7) is 12.7. The molecule has 2 N–H and O–H groups in total. The van der Waals surface area contributed by atoms with Crippen molar-refractivity contribution in [2.75, 3.05) is 5.73 Å². The van der Waals surface area contributed by atoms with Crippen LogP contribution in [0.1, 0.15) is 37.7 Å². The van der Waals surface area contributed by atoms with Crippen LogP contribution in [0.3, 0.4) is 0 Å². The summed E-state index contributed by atoms with van der Waals surface area (Å²) in [7, 11) is 0. The van der Waals surface area contributed by atoms with Gasteiger partial charge in [0.1, 0.15) is 17.3 Å². The predicted octanol–water partition coefficient (Wildman–Crippen LogP) is 3.81. The van der Waals surface area contributed by atoms with Crippen LogP contribution in [0.4, 0.5) is 5.82 Å². The average molecular weight is 257 g/mol. The van der Waals surface area contributed by atoms with Gasteiger partial charge in [0.15, 0.2) is 0 Å². The minimum Gasteiger partial charge on any atom is -0.383 e. The van der Waals surface area contributed by atoms with Gasteiger partial charge in [0.05, 0.1) is 0 Å². The van der Waals surface area contributed by atoms with Gasteiger partial charge in [-0.3, -0.25) is 0 Å². The molecule has 102 valence electrons. The van der Waals surface area contributed by atoms with Crippen molar-refractivity contribution < 1.29 is 0 Å². The van der Waals surface area contributed by atoms with Crippen LogP contribution in [0.2, 0.25) is 0 Å². The highest BCUT2D eigenvalue weighted by molar-refractivity contribution is 5.74. The lowest BCUT2D eigenvalue weighted by Gasteiger charge is -2.24. The van der Waals surface area contributed by atoms with E-state index < -0.39 is 0 Å². The SMILES string of the molecule is Cc1cccc(-c2nc(C)n(C(C)(C)C)c2N)c1C. The Labute approximate surface area is 115 Å². The van der Waals surface area contributed by atoms with Gasteiger partial charge >= 0.3 is 0 Å². The van der Waals surface area contributed by atoms with Crippen molar-refractivity contribution >= 4 is 5.82 Å². The van der Waals surface area contributed by atoms with Crippen LogP contribution in [0, 0.1) is 20.8 Å². The third kappa shape index (κ3) is 2.25. The third-order valence-electron chi connectivity index (χ3n) is 3.61. The number of imidazole rings is 1. The first-order valence-electron chi connectivity index (χ1n) is 6.65. The number of nitrogen functional groups attached to an aromatic ring is 1. The van der Waals surface area contributed by atoms with E-state index in [2.05, 4.69) is 62.4 Å². The molecule has 3 nitrogen and oxygen atoms in total. The van der Waals surface area contributed by atoms with Crippen molar-refractivity contribution in [3.8, 4) is 11.3 Å². The Morgan fingerprint density at radius 2 is 1.74 bits per heavy atom. The van der Waals surface area contributed by atoms with E-state index in [9.17, 15) is 0 Å². The summed E-state index contributed by atoms with van der Waals surface area (Å²) in [5.41, 5.74) is 10.8. The zero-order valence-corrected chi connectivity index (χ0v) is 12.7. The van der Waals surface area contributed by atoms with Gasteiger partial charge in [0.2, 0.25) is 0 Å². The monoisotopic (exact) mass is 257 g/mol. The van der Waals surface area contributed by atoms with Crippen LogP contribution in [0.15, 0.2) is 18.2 Å². The van der Waals surface area contributed by atoms with Crippen LogP contribution in [0.25, 0.3) is 11.3 Å². The van der Waals surface area contributed by atoms with Crippen molar-refractivity contribution in [2.24, 2.45) is 0 Å². The minimum atomic E-state index is -0.0584. The molecule has 0 fully saturated rings. The molecule has 0 saturated heterocycles. The summed E-state index contributed by atoms with van der Waals surface area (Å²) < 4.78 is 2.10. The number of aryl methyl sites for hydroxylation is 2. The summed E-state index contributed by atoms with van der Waals surface area (Å²) in [5.74, 6) is 1.71. The zero-order chi connectivity index (χ0) is 14.4. The van der Waals surface area contributed by atoms with Crippen LogP contribution in [-0.2, 0) is 5.54 Å². The molecule has 0 aliphatic heterocycles. The smallest absolute Gasteiger partial charge is 0.132 e. The molecule has 0 amide bonds. The second-order valence-electron chi connectivity index (χ2n) is 6.15. The summed E-state index contributed by atoms with van der Waals surface area (Å²) >= 11 is 0. The number of nitrogens with zero attached hydrogens (tertiary/aromatic N) is 2. The first-order chi connectivity index (χ1) is 8.73. The highest BCUT2D eigenvalue weighted by atomic mass is 15.2. The maximum Gasteiger partial charge on any atom is 0.132 e. The molecule has 0 atom stereocenters. The summed E-state index contributed by atoms with van der Waals surface area (Å²) in [4.78, 5) is 4.69. The van der Waals surface area contributed by atoms with E-state index in [1.54, 1.807) is 0 Å². The molecule has 0 bridgehead atoms. The molecule has 0 aliphatic carbocycles. The molecule has 0 spiro atoms. The molecule has 1 aromatic heterocycles. The van der Waals surface area contributed by atoms with Gasteiger partial charge in [-0.2, -0.15) is 0 Å². The lowest BCUT2D eigenvalue weighted by Crippen LogP contribution is -2.24. The van der Waals surface area contributed by atoms with Crippen molar-refractivity contribution in [2.45, 2.75) is 47.1 Å². The van der Waals surface area contributed by atoms with Crippen LogP contribution >= 0.6 is 0 Å². The maximum absolute atomic E-state index is 6.34. The average Bonchev–Trinajstić information content (AvgIpc) is 2.57. The minimum absolute atomic E-state index is 0.0584. The lowest BCUT2D eigenvalue weighted by atomic mass is 10.0. The largest absolute Gasteiger partial charge is 0.383 e. The quantitative estimate of drug-likeness (QED) is 0.844. The highest BCUT2D eigenvalue weighted by Gasteiger charge is 2.23. The number of hydrogen-bond donors (Lipinski definition) is 1.